The Morgan fingerprint density at radius 3 is 0.923 bits per heavy atom. The molecule has 0 aliphatic carbocycles. The van der Waals surface area contributed by atoms with Crippen molar-refractivity contribution in [2.45, 2.75) is 10.1 Å². The summed E-state index contributed by atoms with van der Waals surface area (Å²) < 4.78 is 9.12. The smallest absolute Gasteiger partial charge is 0.239 e. The maximum atomic E-state index is 5.31. The van der Waals surface area contributed by atoms with E-state index in [1.54, 1.807) is 0 Å². The Bertz CT molecular complexity index is 151. The summed E-state index contributed by atoms with van der Waals surface area (Å²) in [6.45, 7) is 0. The molecule has 0 fully saturated rings. The maximum absolute atomic E-state index is 5.31. The summed E-state index contributed by atoms with van der Waals surface area (Å²) in [5.74, 6) is -1.04. The molecule has 0 radical (unpaired) electrons. The SMILES string of the molecule is COC(OC)(C(Br)(Br)Br)C(Br)(Br)Br. The second-order valence-corrected chi connectivity index (χ2v) is 15.5. The largest absolute Gasteiger partial charge is 0.348 e. The van der Waals surface area contributed by atoms with Crippen LogP contribution in [0.15, 0.2) is 0 Å². The number of ether oxygens (including phenoxy) is 2. The van der Waals surface area contributed by atoms with E-state index in [4.69, 9.17) is 9.47 Å². The molecule has 0 saturated carbocycles. The Morgan fingerprint density at radius 2 is 0.923 bits per heavy atom. The second kappa shape index (κ2) is 5.42. The van der Waals surface area contributed by atoms with Gasteiger partial charge in [0.25, 0.3) is 0 Å². The molecule has 0 heterocycles. The summed E-state index contributed by atoms with van der Waals surface area (Å²) in [5.41, 5.74) is 0. The lowest BCUT2D eigenvalue weighted by molar-refractivity contribution is -0.186. The van der Waals surface area contributed by atoms with Gasteiger partial charge in [-0.25, -0.2) is 0 Å². The van der Waals surface area contributed by atoms with E-state index in [2.05, 4.69) is 95.6 Å². The third-order valence-corrected chi connectivity index (χ3v) is 4.45. The highest BCUT2D eigenvalue weighted by molar-refractivity contribution is 9.40. The molecule has 0 aliphatic heterocycles. The quantitative estimate of drug-likeness (QED) is 0.352. The zero-order chi connectivity index (χ0) is 10.9. The molecule has 0 rings (SSSR count). The first kappa shape index (κ1) is 15.8. The molecule has 0 atom stereocenters. The first-order valence-electron chi connectivity index (χ1n) is 2.86. The Balaban J connectivity index is 5.17. The van der Waals surface area contributed by atoms with Crippen molar-refractivity contribution in [3.63, 3.8) is 0 Å². The highest BCUT2D eigenvalue weighted by atomic mass is 80.0. The number of alkyl halides is 6. The summed E-state index contributed by atoms with van der Waals surface area (Å²) in [7, 11) is 3.06. The lowest BCUT2D eigenvalue weighted by Crippen LogP contribution is -2.55. The molecule has 0 aromatic carbocycles. The zero-order valence-corrected chi connectivity index (χ0v) is 16.1. The fourth-order valence-corrected chi connectivity index (χ4v) is 6.83. The molecule has 0 N–H and O–H groups in total. The monoisotopic (exact) mass is 572 g/mol. The predicted octanol–water partition coefficient (Wildman–Crippen LogP) is 4.65. The first-order chi connectivity index (χ1) is 5.62. The lowest BCUT2D eigenvalue weighted by atomic mass is 10.4. The van der Waals surface area contributed by atoms with Crippen LogP contribution in [-0.2, 0) is 9.47 Å². The molecule has 80 valence electrons. The van der Waals surface area contributed by atoms with Crippen LogP contribution in [0.5, 0.6) is 0 Å². The van der Waals surface area contributed by atoms with Gasteiger partial charge in [0.1, 0.15) is 0 Å². The van der Waals surface area contributed by atoms with Crippen LogP contribution in [0.25, 0.3) is 0 Å². The standard InChI is InChI=1S/C5H6Br6O2/c1-12-3(13-2,4(6,7)8)5(9,10)11/h1-2H3. The van der Waals surface area contributed by atoms with Crippen LogP contribution in [0, 0.1) is 0 Å². The summed E-state index contributed by atoms with van der Waals surface area (Å²) in [6, 6.07) is 0. The molecule has 0 bridgehead atoms. The van der Waals surface area contributed by atoms with E-state index in [1.165, 1.54) is 14.2 Å². The van der Waals surface area contributed by atoms with Gasteiger partial charge in [-0.2, -0.15) is 0 Å². The van der Waals surface area contributed by atoms with Gasteiger partial charge in [-0.15, -0.1) is 0 Å². The van der Waals surface area contributed by atoms with Gasteiger partial charge in [0.05, 0.1) is 0 Å². The van der Waals surface area contributed by atoms with E-state index in [0.717, 1.165) is 0 Å². The molecule has 0 saturated heterocycles. The van der Waals surface area contributed by atoms with Crippen molar-refractivity contribution in [3.8, 4) is 0 Å². The number of halogens is 6. The fourth-order valence-electron chi connectivity index (χ4n) is 0.707. The summed E-state index contributed by atoms with van der Waals surface area (Å²) in [6.07, 6.45) is 0. The number of rotatable bonds is 2. The van der Waals surface area contributed by atoms with E-state index in [0.29, 0.717) is 0 Å². The third-order valence-electron chi connectivity index (χ3n) is 1.32. The molecular weight excluding hydrogens is 571 g/mol. The van der Waals surface area contributed by atoms with Gasteiger partial charge in [0, 0.05) is 14.2 Å². The minimum absolute atomic E-state index is 0.750. The average molecular weight is 578 g/mol. The maximum Gasteiger partial charge on any atom is 0.239 e. The van der Waals surface area contributed by atoms with Gasteiger partial charge in [0.15, 0.2) is 4.29 Å². The number of hydrogen-bond acceptors (Lipinski definition) is 2. The molecule has 0 aliphatic rings. The Kier molecular flexibility index (Phi) is 6.59. The minimum atomic E-state index is -1.04. The number of hydrogen-bond donors (Lipinski definition) is 0. The van der Waals surface area contributed by atoms with Gasteiger partial charge in [0.2, 0.25) is 5.79 Å². The van der Waals surface area contributed by atoms with E-state index >= 15 is 0 Å². The van der Waals surface area contributed by atoms with Crippen LogP contribution < -0.4 is 0 Å². The third kappa shape index (κ3) is 3.38. The minimum Gasteiger partial charge on any atom is -0.348 e. The van der Waals surface area contributed by atoms with Gasteiger partial charge >= 0.3 is 0 Å². The van der Waals surface area contributed by atoms with E-state index in [-0.39, 0.29) is 0 Å². The van der Waals surface area contributed by atoms with Crippen LogP contribution in [0.3, 0.4) is 0 Å². The zero-order valence-electron chi connectivity index (χ0n) is 6.58. The van der Waals surface area contributed by atoms with Crippen molar-refractivity contribution >= 4 is 95.6 Å². The van der Waals surface area contributed by atoms with E-state index in [9.17, 15) is 0 Å². The van der Waals surface area contributed by atoms with E-state index in [1.807, 2.05) is 0 Å². The molecule has 0 aromatic rings. The van der Waals surface area contributed by atoms with Crippen molar-refractivity contribution in [1.29, 1.82) is 0 Å². The highest BCUT2D eigenvalue weighted by Crippen LogP contribution is 2.58. The van der Waals surface area contributed by atoms with Crippen molar-refractivity contribution < 1.29 is 9.47 Å². The fraction of sp³-hybridized carbons (Fsp3) is 1.00. The van der Waals surface area contributed by atoms with Crippen molar-refractivity contribution in [3.05, 3.63) is 0 Å². The topological polar surface area (TPSA) is 18.5 Å². The lowest BCUT2D eigenvalue weighted by Gasteiger charge is -2.43. The van der Waals surface area contributed by atoms with E-state index < -0.39 is 10.1 Å². The Hall–Kier alpha value is 2.80. The van der Waals surface area contributed by atoms with Gasteiger partial charge in [-0.05, 0) is 0 Å². The molecule has 2 nitrogen and oxygen atoms in total. The van der Waals surface area contributed by atoms with Gasteiger partial charge in [-0.1, -0.05) is 95.6 Å². The van der Waals surface area contributed by atoms with Crippen LogP contribution in [0.2, 0.25) is 0 Å². The Morgan fingerprint density at radius 1 is 0.692 bits per heavy atom. The van der Waals surface area contributed by atoms with Crippen molar-refractivity contribution in [1.82, 2.24) is 0 Å². The summed E-state index contributed by atoms with van der Waals surface area (Å²) in [4.78, 5) is 0. The van der Waals surface area contributed by atoms with Crippen molar-refractivity contribution in [2.75, 3.05) is 14.2 Å². The van der Waals surface area contributed by atoms with Crippen LogP contribution in [0.1, 0.15) is 0 Å². The second-order valence-electron chi connectivity index (χ2n) is 2.02. The van der Waals surface area contributed by atoms with Gasteiger partial charge < -0.3 is 9.47 Å². The molecule has 0 aromatic heterocycles. The van der Waals surface area contributed by atoms with Crippen LogP contribution in [-0.4, -0.2) is 24.3 Å². The summed E-state index contributed by atoms with van der Waals surface area (Å²) in [5, 5.41) is 0. The van der Waals surface area contributed by atoms with Gasteiger partial charge in [-0.3, -0.25) is 0 Å². The van der Waals surface area contributed by atoms with Crippen LogP contribution in [0.4, 0.5) is 0 Å². The normalized spacial score (nSPS) is 14.8. The molecule has 0 spiro atoms. The number of methoxy groups -OCH3 is 2. The molecule has 8 heteroatoms. The molecule has 13 heavy (non-hydrogen) atoms. The average Bonchev–Trinajstić information content (AvgIpc) is 1.84. The van der Waals surface area contributed by atoms with Crippen LogP contribution >= 0.6 is 95.6 Å². The Labute approximate surface area is 128 Å². The highest BCUT2D eigenvalue weighted by Gasteiger charge is 2.60. The first-order valence-corrected chi connectivity index (χ1v) is 7.62. The van der Waals surface area contributed by atoms with Crippen molar-refractivity contribution in [2.24, 2.45) is 0 Å². The summed E-state index contributed by atoms with van der Waals surface area (Å²) >= 11 is 20.1. The molecular formula is C5H6Br6O2. The molecule has 0 amide bonds. The predicted molar refractivity (Wildman–Crippen MR) is 75.8 cm³/mol. The molecule has 0 unspecified atom stereocenters.